The zero-order valence-corrected chi connectivity index (χ0v) is 21.5. The maximum atomic E-state index is 12.5. The molecule has 1 radical (unpaired) electrons. The number of primary amides is 1. The molecule has 0 bridgehead atoms. The van der Waals surface area contributed by atoms with Crippen molar-refractivity contribution >= 4 is 17.5 Å². The number of carbonyl (C=O) groups is 2. The maximum absolute atomic E-state index is 12.5. The summed E-state index contributed by atoms with van der Waals surface area (Å²) >= 11 is 0. The van der Waals surface area contributed by atoms with Crippen LogP contribution in [0, 0.1) is 18.3 Å². The molecular formula is C29H42N3O2. The maximum Gasteiger partial charge on any atom is 0.224 e. The third kappa shape index (κ3) is 9.98. The first-order chi connectivity index (χ1) is 16.1. The van der Waals surface area contributed by atoms with Crippen molar-refractivity contribution in [3.63, 3.8) is 0 Å². The second kappa shape index (κ2) is 13.2. The molecule has 34 heavy (non-hydrogen) atoms. The van der Waals surface area contributed by atoms with E-state index in [4.69, 9.17) is 5.73 Å². The highest BCUT2D eigenvalue weighted by Crippen LogP contribution is 2.21. The van der Waals surface area contributed by atoms with Gasteiger partial charge in [0.2, 0.25) is 11.8 Å². The molecule has 2 aromatic rings. The molecule has 2 aromatic carbocycles. The minimum atomic E-state index is -0.438. The van der Waals surface area contributed by atoms with Gasteiger partial charge in [-0.25, -0.2) is 0 Å². The van der Waals surface area contributed by atoms with Gasteiger partial charge in [-0.2, -0.15) is 0 Å². The molecule has 2 rings (SSSR count). The van der Waals surface area contributed by atoms with Crippen molar-refractivity contribution in [3.05, 3.63) is 72.1 Å². The van der Waals surface area contributed by atoms with E-state index in [0.29, 0.717) is 18.9 Å². The number of benzene rings is 2. The Morgan fingerprint density at radius 1 is 0.971 bits per heavy atom. The van der Waals surface area contributed by atoms with Crippen LogP contribution in [0.25, 0.3) is 0 Å². The van der Waals surface area contributed by atoms with Crippen LogP contribution >= 0.6 is 0 Å². The molecule has 0 aromatic heterocycles. The average Bonchev–Trinajstić information content (AvgIpc) is 2.79. The van der Waals surface area contributed by atoms with E-state index in [1.165, 1.54) is 17.5 Å². The molecule has 0 saturated carbocycles. The largest absolute Gasteiger partial charge is 0.369 e. The summed E-state index contributed by atoms with van der Waals surface area (Å²) in [5.41, 5.74) is 8.70. The monoisotopic (exact) mass is 464 g/mol. The molecule has 3 N–H and O–H groups in total. The van der Waals surface area contributed by atoms with Crippen LogP contribution in [0.2, 0.25) is 0 Å². The summed E-state index contributed by atoms with van der Waals surface area (Å²) < 4.78 is 0. The number of aryl methyl sites for hydroxylation is 2. The summed E-state index contributed by atoms with van der Waals surface area (Å²) in [7, 11) is 0. The number of nitrogens with one attached hydrogen (secondary N) is 1. The summed E-state index contributed by atoms with van der Waals surface area (Å²) in [5, 5.41) is 3.10. The molecule has 0 fully saturated rings. The normalized spacial score (nSPS) is 12.4. The number of anilines is 1. The van der Waals surface area contributed by atoms with Crippen LogP contribution in [0.4, 0.5) is 5.69 Å². The van der Waals surface area contributed by atoms with Gasteiger partial charge in [-0.1, -0.05) is 63.2 Å². The second-order valence-electron chi connectivity index (χ2n) is 10.4. The van der Waals surface area contributed by atoms with Crippen LogP contribution in [-0.4, -0.2) is 30.4 Å². The van der Waals surface area contributed by atoms with Crippen LogP contribution in [0.15, 0.2) is 54.6 Å². The van der Waals surface area contributed by atoms with Gasteiger partial charge in [-0.15, -0.1) is 0 Å². The Bertz CT molecular complexity index is 891. The van der Waals surface area contributed by atoms with E-state index < -0.39 is 11.4 Å². The SMILES string of the molecule is CC(C)CCN(CC(C)(C)NC(=O)[CH]CC(C)C(N)=O)c1ccc(CCc2ccccc2)cc1. The summed E-state index contributed by atoms with van der Waals surface area (Å²) in [6, 6.07) is 19.4. The van der Waals surface area contributed by atoms with E-state index in [1.807, 2.05) is 19.9 Å². The van der Waals surface area contributed by atoms with Crippen molar-refractivity contribution in [1.82, 2.24) is 5.32 Å². The fraction of sp³-hybridized carbons (Fsp3) is 0.483. The molecule has 5 nitrogen and oxygen atoms in total. The van der Waals surface area contributed by atoms with Gasteiger partial charge in [0.25, 0.3) is 0 Å². The predicted octanol–water partition coefficient (Wildman–Crippen LogP) is 4.93. The van der Waals surface area contributed by atoms with E-state index in [0.717, 1.165) is 31.5 Å². The Morgan fingerprint density at radius 3 is 2.12 bits per heavy atom. The number of rotatable bonds is 14. The Balaban J connectivity index is 2.01. The first kappa shape index (κ1) is 27.4. The lowest BCUT2D eigenvalue weighted by atomic mass is 10.00. The average molecular weight is 465 g/mol. The zero-order chi connectivity index (χ0) is 25.1. The summed E-state index contributed by atoms with van der Waals surface area (Å²) in [5.74, 6) is -0.320. The number of amides is 2. The highest BCUT2D eigenvalue weighted by Gasteiger charge is 2.25. The highest BCUT2D eigenvalue weighted by molar-refractivity contribution is 5.86. The first-order valence-corrected chi connectivity index (χ1v) is 12.4. The van der Waals surface area contributed by atoms with Gasteiger partial charge in [0.15, 0.2) is 0 Å². The number of hydrogen-bond donors (Lipinski definition) is 2. The fourth-order valence-corrected chi connectivity index (χ4v) is 3.82. The van der Waals surface area contributed by atoms with Crippen molar-refractivity contribution in [1.29, 1.82) is 0 Å². The fourth-order valence-electron chi connectivity index (χ4n) is 3.82. The quantitative estimate of drug-likeness (QED) is 0.416. The number of nitrogens with two attached hydrogens (primary N) is 1. The third-order valence-corrected chi connectivity index (χ3v) is 6.01. The highest BCUT2D eigenvalue weighted by atomic mass is 16.2. The molecule has 0 aliphatic heterocycles. The van der Waals surface area contributed by atoms with Gasteiger partial charge in [0.1, 0.15) is 0 Å². The molecule has 0 aliphatic rings. The van der Waals surface area contributed by atoms with Crippen molar-refractivity contribution in [3.8, 4) is 0 Å². The molecular weight excluding hydrogens is 422 g/mol. The lowest BCUT2D eigenvalue weighted by Crippen LogP contribution is -2.52. The molecule has 0 aliphatic carbocycles. The Labute approximate surface area is 206 Å². The van der Waals surface area contributed by atoms with E-state index in [2.05, 4.69) is 72.6 Å². The predicted molar refractivity (Wildman–Crippen MR) is 141 cm³/mol. The van der Waals surface area contributed by atoms with Crippen molar-refractivity contribution < 1.29 is 9.59 Å². The minimum absolute atomic E-state index is 0.168. The zero-order valence-electron chi connectivity index (χ0n) is 21.5. The van der Waals surface area contributed by atoms with E-state index in [-0.39, 0.29) is 11.8 Å². The van der Waals surface area contributed by atoms with Crippen LogP contribution in [0.1, 0.15) is 58.6 Å². The van der Waals surface area contributed by atoms with Gasteiger partial charge >= 0.3 is 0 Å². The van der Waals surface area contributed by atoms with Crippen LogP contribution in [0.5, 0.6) is 0 Å². The molecule has 0 heterocycles. The molecule has 1 unspecified atom stereocenters. The van der Waals surface area contributed by atoms with Crippen molar-refractivity contribution in [2.75, 3.05) is 18.0 Å². The van der Waals surface area contributed by atoms with Crippen molar-refractivity contribution in [2.24, 2.45) is 17.6 Å². The molecule has 0 saturated heterocycles. The number of hydrogen-bond acceptors (Lipinski definition) is 3. The van der Waals surface area contributed by atoms with Gasteiger partial charge in [-0.05, 0) is 68.7 Å². The molecule has 5 heteroatoms. The van der Waals surface area contributed by atoms with E-state index in [1.54, 1.807) is 6.92 Å². The van der Waals surface area contributed by atoms with E-state index >= 15 is 0 Å². The van der Waals surface area contributed by atoms with Crippen molar-refractivity contribution in [2.45, 2.75) is 65.8 Å². The second-order valence-corrected chi connectivity index (χ2v) is 10.4. The minimum Gasteiger partial charge on any atom is -0.369 e. The third-order valence-electron chi connectivity index (χ3n) is 6.01. The molecule has 2 amide bonds. The van der Waals surface area contributed by atoms with Crippen LogP contribution in [0.3, 0.4) is 0 Å². The van der Waals surface area contributed by atoms with Crippen LogP contribution < -0.4 is 16.0 Å². The van der Waals surface area contributed by atoms with Gasteiger partial charge in [0.05, 0.1) is 12.0 Å². The van der Waals surface area contributed by atoms with Crippen LogP contribution in [-0.2, 0) is 22.4 Å². The van der Waals surface area contributed by atoms with Gasteiger partial charge < -0.3 is 16.0 Å². The number of nitrogens with zero attached hydrogens (tertiary/aromatic N) is 1. The first-order valence-electron chi connectivity index (χ1n) is 12.4. The topological polar surface area (TPSA) is 75.4 Å². The van der Waals surface area contributed by atoms with E-state index in [9.17, 15) is 9.59 Å². The standard InChI is InChI=1S/C29H42N3O2/c1-22(2)19-20-32(21-29(4,5)31-27(33)18-11-23(3)28(30)34)26-16-14-25(15-17-26)13-12-24-9-7-6-8-10-24/h6-10,14-18,22-23H,11-13,19-21H2,1-5H3,(H2,30,34)(H,31,33). The smallest absolute Gasteiger partial charge is 0.224 e. The Kier molecular flexibility index (Phi) is 10.6. The molecule has 1 atom stereocenters. The number of carbonyl (C=O) groups excluding carboxylic acids is 2. The Morgan fingerprint density at radius 2 is 1.56 bits per heavy atom. The summed E-state index contributed by atoms with van der Waals surface area (Å²) in [4.78, 5) is 26.0. The summed E-state index contributed by atoms with van der Waals surface area (Å²) in [6.45, 7) is 11.9. The lowest BCUT2D eigenvalue weighted by Gasteiger charge is -2.35. The van der Waals surface area contributed by atoms with Gasteiger partial charge in [0, 0.05) is 24.7 Å². The molecule has 0 spiro atoms. The van der Waals surface area contributed by atoms with Gasteiger partial charge in [-0.3, -0.25) is 9.59 Å². The summed E-state index contributed by atoms with van der Waals surface area (Å²) in [6.07, 6.45) is 4.98. The molecule has 185 valence electrons. The Hall–Kier alpha value is -2.82. The lowest BCUT2D eigenvalue weighted by molar-refractivity contribution is -0.121.